The van der Waals surface area contributed by atoms with Crippen LogP contribution in [0.1, 0.15) is 11.1 Å². The van der Waals surface area contributed by atoms with Gasteiger partial charge in [0.15, 0.2) is 5.75 Å². The number of sulfonamides is 1. The van der Waals surface area contributed by atoms with E-state index in [1.807, 2.05) is 6.92 Å². The molecule has 0 aliphatic heterocycles. The molecule has 0 fully saturated rings. The van der Waals surface area contributed by atoms with Crippen LogP contribution in [-0.4, -0.2) is 26.7 Å². The number of hydrazone groups is 1. The zero-order valence-corrected chi connectivity index (χ0v) is 13.8. The number of benzene rings is 2. The molecule has 9 heteroatoms. The highest BCUT2D eigenvalue weighted by Gasteiger charge is 2.15. The molecule has 0 radical (unpaired) electrons. The molecule has 0 spiro atoms. The Labute approximate surface area is 139 Å². The average molecular weight is 349 g/mol. The first kappa shape index (κ1) is 17.4. The molecular weight excluding hydrogens is 334 g/mol. The van der Waals surface area contributed by atoms with Crippen molar-refractivity contribution >= 4 is 21.9 Å². The van der Waals surface area contributed by atoms with Crippen molar-refractivity contribution in [2.45, 2.75) is 11.8 Å². The van der Waals surface area contributed by atoms with E-state index in [0.717, 1.165) is 5.56 Å². The second-order valence-electron chi connectivity index (χ2n) is 4.85. The molecule has 8 nitrogen and oxygen atoms in total. The number of rotatable bonds is 6. The highest BCUT2D eigenvalue weighted by atomic mass is 32.2. The molecule has 126 valence electrons. The van der Waals surface area contributed by atoms with Gasteiger partial charge in [0.25, 0.3) is 10.0 Å². The maximum Gasteiger partial charge on any atom is 0.311 e. The number of nitro benzene ring substituents is 1. The van der Waals surface area contributed by atoms with Crippen LogP contribution in [-0.2, 0) is 10.0 Å². The second kappa shape index (κ2) is 7.09. The molecule has 0 aromatic heterocycles. The van der Waals surface area contributed by atoms with Crippen LogP contribution in [0.15, 0.2) is 52.5 Å². The van der Waals surface area contributed by atoms with Crippen LogP contribution >= 0.6 is 0 Å². The Hall–Kier alpha value is -2.94. The largest absolute Gasteiger partial charge is 0.490 e. The van der Waals surface area contributed by atoms with Crippen LogP contribution in [0, 0.1) is 17.0 Å². The second-order valence-corrected chi connectivity index (χ2v) is 6.52. The van der Waals surface area contributed by atoms with Gasteiger partial charge in [0.1, 0.15) is 0 Å². The lowest BCUT2D eigenvalue weighted by Gasteiger charge is -2.04. The van der Waals surface area contributed by atoms with Crippen LogP contribution in [0.3, 0.4) is 0 Å². The number of nitrogens with one attached hydrogen (secondary N) is 1. The Balaban J connectivity index is 2.18. The zero-order valence-electron chi connectivity index (χ0n) is 13.0. The van der Waals surface area contributed by atoms with Crippen LogP contribution in [0.25, 0.3) is 0 Å². The van der Waals surface area contributed by atoms with E-state index in [4.69, 9.17) is 4.74 Å². The molecule has 0 heterocycles. The Bertz CT molecular complexity index is 876. The lowest BCUT2D eigenvalue weighted by molar-refractivity contribution is -0.385. The molecule has 2 rings (SSSR count). The summed E-state index contributed by atoms with van der Waals surface area (Å²) < 4.78 is 29.0. The average Bonchev–Trinajstić information content (AvgIpc) is 2.55. The van der Waals surface area contributed by atoms with Crippen LogP contribution < -0.4 is 9.57 Å². The summed E-state index contributed by atoms with van der Waals surface area (Å²) in [5.41, 5.74) is 1.06. The molecule has 1 N–H and O–H groups in total. The molecule has 0 amide bonds. The number of hydrogen-bond donors (Lipinski definition) is 1. The lowest BCUT2D eigenvalue weighted by Crippen LogP contribution is -2.18. The van der Waals surface area contributed by atoms with E-state index in [2.05, 4.69) is 9.93 Å². The van der Waals surface area contributed by atoms with Crippen molar-refractivity contribution in [3.63, 3.8) is 0 Å². The van der Waals surface area contributed by atoms with Crippen LogP contribution in [0.2, 0.25) is 0 Å². The highest BCUT2D eigenvalue weighted by Crippen LogP contribution is 2.26. The van der Waals surface area contributed by atoms with Crippen LogP contribution in [0.4, 0.5) is 5.69 Å². The van der Waals surface area contributed by atoms with Gasteiger partial charge in [-0.25, -0.2) is 4.83 Å². The van der Waals surface area contributed by atoms with E-state index in [1.54, 1.807) is 12.1 Å². The molecule has 0 saturated carbocycles. The van der Waals surface area contributed by atoms with Gasteiger partial charge in [-0.15, -0.1) is 0 Å². The Morgan fingerprint density at radius 1 is 1.21 bits per heavy atom. The molecule has 2 aromatic rings. The van der Waals surface area contributed by atoms with Crippen molar-refractivity contribution in [1.29, 1.82) is 0 Å². The summed E-state index contributed by atoms with van der Waals surface area (Å²) in [6.45, 7) is 1.85. The number of aryl methyl sites for hydroxylation is 1. The van der Waals surface area contributed by atoms with Gasteiger partial charge in [-0.2, -0.15) is 13.5 Å². The Morgan fingerprint density at radius 2 is 1.88 bits per heavy atom. The molecular formula is C15H15N3O5S. The first-order valence-electron chi connectivity index (χ1n) is 6.77. The summed E-state index contributed by atoms with van der Waals surface area (Å²) in [5.74, 6) is 0.109. The summed E-state index contributed by atoms with van der Waals surface area (Å²) in [6.07, 6.45) is 1.18. The summed E-state index contributed by atoms with van der Waals surface area (Å²) in [6, 6.07) is 10.4. The maximum atomic E-state index is 12.1. The van der Waals surface area contributed by atoms with E-state index >= 15 is 0 Å². The standard InChI is InChI=1S/C15H15N3O5S/c1-11-3-6-13(7-4-11)24(21,22)17-16-10-12-5-8-15(23-2)14(9-12)18(19)20/h3-10,17H,1-2H3/b16-10+. The Morgan fingerprint density at radius 3 is 2.46 bits per heavy atom. The van der Waals surface area contributed by atoms with Gasteiger partial charge in [-0.1, -0.05) is 17.7 Å². The van der Waals surface area contributed by atoms with E-state index in [9.17, 15) is 18.5 Å². The topological polar surface area (TPSA) is 111 Å². The number of hydrogen-bond acceptors (Lipinski definition) is 6. The molecule has 0 aliphatic carbocycles. The van der Waals surface area contributed by atoms with Gasteiger partial charge in [-0.3, -0.25) is 10.1 Å². The number of nitro groups is 1. The van der Waals surface area contributed by atoms with Crippen molar-refractivity contribution in [1.82, 2.24) is 4.83 Å². The van der Waals surface area contributed by atoms with Gasteiger partial charge >= 0.3 is 5.69 Å². The summed E-state index contributed by atoms with van der Waals surface area (Å²) in [4.78, 5) is 12.5. The predicted octanol–water partition coefficient (Wildman–Crippen LogP) is 2.22. The van der Waals surface area contributed by atoms with Gasteiger partial charge in [0.05, 0.1) is 23.1 Å². The fourth-order valence-electron chi connectivity index (χ4n) is 1.87. The fourth-order valence-corrected chi connectivity index (χ4v) is 2.66. The van der Waals surface area contributed by atoms with Crippen molar-refractivity contribution < 1.29 is 18.1 Å². The van der Waals surface area contributed by atoms with Gasteiger partial charge in [0.2, 0.25) is 0 Å². The molecule has 2 aromatic carbocycles. The molecule has 24 heavy (non-hydrogen) atoms. The third-order valence-electron chi connectivity index (χ3n) is 3.12. The highest BCUT2D eigenvalue weighted by molar-refractivity contribution is 7.89. The maximum absolute atomic E-state index is 12.1. The number of nitrogens with zero attached hydrogens (tertiary/aromatic N) is 2. The van der Waals surface area contributed by atoms with Crippen molar-refractivity contribution in [3.05, 3.63) is 63.7 Å². The molecule has 0 saturated heterocycles. The van der Waals surface area contributed by atoms with Crippen molar-refractivity contribution in [3.8, 4) is 5.75 Å². The van der Waals surface area contributed by atoms with Gasteiger partial charge in [-0.05, 0) is 31.2 Å². The first-order chi connectivity index (χ1) is 11.3. The van der Waals surface area contributed by atoms with Crippen molar-refractivity contribution in [2.75, 3.05) is 7.11 Å². The minimum atomic E-state index is -3.79. The van der Waals surface area contributed by atoms with Gasteiger partial charge < -0.3 is 4.74 Å². The molecule has 0 aliphatic rings. The summed E-state index contributed by atoms with van der Waals surface area (Å²) in [7, 11) is -2.47. The minimum Gasteiger partial charge on any atom is -0.490 e. The normalized spacial score (nSPS) is 11.4. The lowest BCUT2D eigenvalue weighted by atomic mass is 10.2. The predicted molar refractivity (Wildman–Crippen MR) is 88.7 cm³/mol. The van der Waals surface area contributed by atoms with Gasteiger partial charge in [0, 0.05) is 11.6 Å². The third kappa shape index (κ3) is 4.07. The number of ether oxygens (including phenoxy) is 1. The van der Waals surface area contributed by atoms with E-state index in [-0.39, 0.29) is 16.3 Å². The smallest absolute Gasteiger partial charge is 0.311 e. The summed E-state index contributed by atoms with van der Waals surface area (Å²) in [5, 5.41) is 14.6. The SMILES string of the molecule is COc1ccc(/C=N/NS(=O)(=O)c2ccc(C)cc2)cc1[N+](=O)[O-]. The third-order valence-corrected chi connectivity index (χ3v) is 4.36. The Kier molecular flexibility index (Phi) is 5.14. The van der Waals surface area contributed by atoms with E-state index < -0.39 is 14.9 Å². The monoisotopic (exact) mass is 349 g/mol. The van der Waals surface area contributed by atoms with E-state index in [1.165, 1.54) is 43.7 Å². The fraction of sp³-hybridized carbons (Fsp3) is 0.133. The van der Waals surface area contributed by atoms with Crippen molar-refractivity contribution in [2.24, 2.45) is 5.10 Å². The summed E-state index contributed by atoms with van der Waals surface area (Å²) >= 11 is 0. The number of methoxy groups -OCH3 is 1. The van der Waals surface area contributed by atoms with E-state index in [0.29, 0.717) is 5.56 Å². The quantitative estimate of drug-likeness (QED) is 0.488. The molecule has 0 bridgehead atoms. The molecule has 0 unspecified atom stereocenters. The molecule has 0 atom stereocenters. The van der Waals surface area contributed by atoms with Crippen LogP contribution in [0.5, 0.6) is 5.75 Å². The zero-order chi connectivity index (χ0) is 17.7. The minimum absolute atomic E-state index is 0.0750. The first-order valence-corrected chi connectivity index (χ1v) is 8.26.